The van der Waals surface area contributed by atoms with E-state index in [2.05, 4.69) is 13.0 Å². The molecule has 1 heterocycles. The number of hydrogen-bond acceptors (Lipinski definition) is 3. The monoisotopic (exact) mass is 331 g/mol. The van der Waals surface area contributed by atoms with Crippen LogP contribution < -0.4 is 0 Å². The Morgan fingerprint density at radius 3 is 2.38 bits per heavy atom. The number of carbonyl (C=O) groups excluding carboxylic acids is 2. The highest BCUT2D eigenvalue weighted by Crippen LogP contribution is 2.36. The Bertz CT molecular complexity index is 625. The Morgan fingerprint density at radius 1 is 1.12 bits per heavy atom. The van der Waals surface area contributed by atoms with E-state index in [4.69, 9.17) is 4.74 Å². The Balaban J connectivity index is 2.25. The fraction of sp³-hybridized carbons (Fsp3) is 0.600. The van der Waals surface area contributed by atoms with Crippen molar-refractivity contribution in [1.82, 2.24) is 4.90 Å². The zero-order valence-electron chi connectivity index (χ0n) is 15.6. The van der Waals surface area contributed by atoms with Crippen LogP contribution in [0.1, 0.15) is 44.4 Å². The van der Waals surface area contributed by atoms with Gasteiger partial charge in [-0.1, -0.05) is 37.6 Å². The first kappa shape index (κ1) is 18.5. The number of esters is 1. The number of carbonyl (C=O) groups is 2. The van der Waals surface area contributed by atoms with Crippen molar-refractivity contribution in [2.45, 2.75) is 60.0 Å². The van der Waals surface area contributed by atoms with Crippen molar-refractivity contribution in [3.8, 4) is 0 Å². The molecule has 1 fully saturated rings. The summed E-state index contributed by atoms with van der Waals surface area (Å²) in [5.41, 5.74) is 3.32. The maximum absolute atomic E-state index is 13.0. The molecular weight excluding hydrogens is 302 g/mol. The smallest absolute Gasteiger partial charge is 0.329 e. The van der Waals surface area contributed by atoms with E-state index in [1.165, 1.54) is 5.56 Å². The number of aryl methyl sites for hydroxylation is 2. The average Bonchev–Trinajstić information content (AvgIpc) is 2.74. The van der Waals surface area contributed by atoms with E-state index in [1.807, 2.05) is 39.8 Å². The highest BCUT2D eigenvalue weighted by atomic mass is 16.5. The maximum atomic E-state index is 13.0. The summed E-state index contributed by atoms with van der Waals surface area (Å²) in [6, 6.07) is 5.68. The van der Waals surface area contributed by atoms with Crippen molar-refractivity contribution in [3.05, 3.63) is 34.9 Å². The van der Waals surface area contributed by atoms with Gasteiger partial charge in [-0.2, -0.15) is 0 Å². The topological polar surface area (TPSA) is 46.6 Å². The zero-order chi connectivity index (χ0) is 18.0. The highest BCUT2D eigenvalue weighted by Gasteiger charge is 2.48. The van der Waals surface area contributed by atoms with Gasteiger partial charge in [-0.15, -0.1) is 0 Å². The molecule has 0 saturated carbocycles. The molecule has 132 valence electrons. The Labute approximate surface area is 145 Å². The molecule has 1 aliphatic heterocycles. The van der Waals surface area contributed by atoms with Crippen molar-refractivity contribution >= 4 is 11.9 Å². The standard InChI is InChI=1S/C20H29NO3/c1-7-24-20(23)19-15(5)14(4)16(6)21(19)18(22)11-17-9-8-12(2)10-13(17)3/h8-10,14-16,19H,7,11H2,1-6H3. The second kappa shape index (κ2) is 7.37. The first-order chi connectivity index (χ1) is 11.3. The van der Waals surface area contributed by atoms with E-state index in [-0.39, 0.29) is 29.8 Å². The molecule has 0 aliphatic carbocycles. The molecule has 0 spiro atoms. The highest BCUT2D eigenvalue weighted by molar-refractivity contribution is 5.87. The molecular formula is C20H29NO3. The van der Waals surface area contributed by atoms with Crippen molar-refractivity contribution in [1.29, 1.82) is 0 Å². The molecule has 1 amide bonds. The van der Waals surface area contributed by atoms with Crippen molar-refractivity contribution in [2.24, 2.45) is 11.8 Å². The molecule has 0 radical (unpaired) electrons. The van der Waals surface area contributed by atoms with Gasteiger partial charge in [0, 0.05) is 6.04 Å². The van der Waals surface area contributed by atoms with Crippen molar-refractivity contribution < 1.29 is 14.3 Å². The first-order valence-corrected chi connectivity index (χ1v) is 8.81. The van der Waals surface area contributed by atoms with Gasteiger partial charge in [-0.3, -0.25) is 4.79 Å². The van der Waals surface area contributed by atoms with Gasteiger partial charge in [0.25, 0.3) is 0 Å². The molecule has 1 saturated heterocycles. The van der Waals surface area contributed by atoms with Gasteiger partial charge in [-0.25, -0.2) is 4.79 Å². The van der Waals surface area contributed by atoms with Gasteiger partial charge in [-0.05, 0) is 50.7 Å². The molecule has 1 aromatic carbocycles. The Morgan fingerprint density at radius 2 is 1.79 bits per heavy atom. The lowest BCUT2D eigenvalue weighted by Gasteiger charge is -2.29. The van der Waals surface area contributed by atoms with Crippen molar-refractivity contribution in [3.63, 3.8) is 0 Å². The molecule has 1 aliphatic rings. The number of ether oxygens (including phenoxy) is 1. The summed E-state index contributed by atoms with van der Waals surface area (Å²) in [7, 11) is 0. The molecule has 4 unspecified atom stereocenters. The molecule has 0 aromatic heterocycles. The fourth-order valence-corrected chi connectivity index (χ4v) is 3.72. The molecule has 24 heavy (non-hydrogen) atoms. The van der Waals surface area contributed by atoms with Crippen LogP contribution >= 0.6 is 0 Å². The van der Waals surface area contributed by atoms with Crippen LogP contribution in [0.5, 0.6) is 0 Å². The predicted molar refractivity (Wildman–Crippen MR) is 94.7 cm³/mol. The molecule has 2 rings (SSSR count). The van der Waals surface area contributed by atoms with Crippen LogP contribution in [-0.4, -0.2) is 35.5 Å². The van der Waals surface area contributed by atoms with Crippen LogP contribution in [0.25, 0.3) is 0 Å². The number of rotatable bonds is 4. The molecule has 4 heteroatoms. The summed E-state index contributed by atoms with van der Waals surface area (Å²) in [4.78, 5) is 27.2. The maximum Gasteiger partial charge on any atom is 0.329 e. The average molecular weight is 331 g/mol. The number of hydrogen-bond donors (Lipinski definition) is 0. The summed E-state index contributed by atoms with van der Waals surface area (Å²) >= 11 is 0. The summed E-state index contributed by atoms with van der Waals surface area (Å²) < 4.78 is 5.23. The quantitative estimate of drug-likeness (QED) is 0.796. The van der Waals surface area contributed by atoms with Gasteiger partial charge in [0.05, 0.1) is 13.0 Å². The van der Waals surface area contributed by atoms with Crippen LogP contribution in [0.4, 0.5) is 0 Å². The van der Waals surface area contributed by atoms with Crippen LogP contribution in [0.15, 0.2) is 18.2 Å². The van der Waals surface area contributed by atoms with E-state index in [0.717, 1.165) is 11.1 Å². The predicted octanol–water partition coefficient (Wildman–Crippen LogP) is 3.28. The summed E-state index contributed by atoms with van der Waals surface area (Å²) in [5, 5.41) is 0. The molecule has 1 aromatic rings. The number of likely N-dealkylation sites (tertiary alicyclic amines) is 1. The van der Waals surface area contributed by atoms with E-state index < -0.39 is 6.04 Å². The largest absolute Gasteiger partial charge is 0.464 e. The van der Waals surface area contributed by atoms with Gasteiger partial charge in [0.2, 0.25) is 5.91 Å². The molecule has 4 nitrogen and oxygen atoms in total. The SMILES string of the molecule is CCOC(=O)C1C(C)C(C)C(C)N1C(=O)Cc1ccc(C)cc1C. The zero-order valence-corrected chi connectivity index (χ0v) is 15.6. The minimum Gasteiger partial charge on any atom is -0.464 e. The molecule has 0 N–H and O–H groups in total. The fourth-order valence-electron chi connectivity index (χ4n) is 3.72. The molecule has 4 atom stereocenters. The second-order valence-corrected chi connectivity index (χ2v) is 7.06. The lowest BCUT2D eigenvalue weighted by Crippen LogP contribution is -2.47. The van der Waals surface area contributed by atoms with Crippen LogP contribution in [0.2, 0.25) is 0 Å². The van der Waals surface area contributed by atoms with Gasteiger partial charge in [0.1, 0.15) is 6.04 Å². The number of nitrogens with zero attached hydrogens (tertiary/aromatic N) is 1. The summed E-state index contributed by atoms with van der Waals surface area (Å²) in [6.45, 7) is 12.4. The third-order valence-corrected chi connectivity index (χ3v) is 5.48. The minimum atomic E-state index is -0.479. The van der Waals surface area contributed by atoms with E-state index in [1.54, 1.807) is 11.8 Å². The van der Waals surface area contributed by atoms with E-state index >= 15 is 0 Å². The Kier molecular flexibility index (Phi) is 5.68. The lowest BCUT2D eigenvalue weighted by atomic mass is 9.91. The Hall–Kier alpha value is -1.84. The van der Waals surface area contributed by atoms with Gasteiger partial charge >= 0.3 is 5.97 Å². The normalized spacial score (nSPS) is 26.5. The summed E-state index contributed by atoms with van der Waals surface area (Å²) in [6.07, 6.45) is 0.325. The van der Waals surface area contributed by atoms with E-state index in [9.17, 15) is 9.59 Å². The first-order valence-electron chi connectivity index (χ1n) is 8.81. The van der Waals surface area contributed by atoms with Crippen LogP contribution in [-0.2, 0) is 20.7 Å². The third kappa shape index (κ3) is 3.47. The van der Waals surface area contributed by atoms with Crippen molar-refractivity contribution in [2.75, 3.05) is 6.61 Å². The van der Waals surface area contributed by atoms with Gasteiger partial charge < -0.3 is 9.64 Å². The second-order valence-electron chi connectivity index (χ2n) is 7.06. The van der Waals surface area contributed by atoms with Crippen LogP contribution in [0.3, 0.4) is 0 Å². The molecule has 0 bridgehead atoms. The minimum absolute atomic E-state index is 0.00343. The lowest BCUT2D eigenvalue weighted by molar-refractivity contribution is -0.155. The van der Waals surface area contributed by atoms with Crippen LogP contribution in [0, 0.1) is 25.7 Å². The number of amides is 1. The summed E-state index contributed by atoms with van der Waals surface area (Å²) in [5.74, 6) is 0.0865. The van der Waals surface area contributed by atoms with Gasteiger partial charge in [0.15, 0.2) is 0 Å². The third-order valence-electron chi connectivity index (χ3n) is 5.48. The van der Waals surface area contributed by atoms with E-state index in [0.29, 0.717) is 13.0 Å². The number of benzene rings is 1.